The Hall–Kier alpha value is -3.24. The number of nitrogen functional groups attached to an aromatic ring is 1. The predicted molar refractivity (Wildman–Crippen MR) is 139 cm³/mol. The van der Waals surface area contributed by atoms with Crippen LogP contribution >= 0.6 is 0 Å². The number of hydrogen-bond donors (Lipinski definition) is 4. The molecule has 2 aliphatic rings. The third kappa shape index (κ3) is 4.64. The number of azo groups is 1. The molecule has 0 saturated carbocycles. The Morgan fingerprint density at radius 1 is 1.05 bits per heavy atom. The average Bonchev–Trinajstić information content (AvgIpc) is 3.52. The number of aliphatic imine (C=N–C) groups is 1. The summed E-state index contributed by atoms with van der Waals surface area (Å²) in [6, 6.07) is 8.07. The second-order valence-corrected chi connectivity index (χ2v) is 12.6. The molecule has 37 heavy (non-hydrogen) atoms. The molecule has 0 bridgehead atoms. The summed E-state index contributed by atoms with van der Waals surface area (Å²) in [5.41, 5.74) is 13.4. The number of sulfone groups is 1. The van der Waals surface area contributed by atoms with Crippen LogP contribution in [0.15, 0.2) is 55.3 Å². The van der Waals surface area contributed by atoms with E-state index in [1.54, 1.807) is 18.2 Å². The Kier molecular flexibility index (Phi) is 6.57. The molecule has 2 aromatic carbocycles. The first-order chi connectivity index (χ1) is 17.6. The number of anilines is 1. The summed E-state index contributed by atoms with van der Waals surface area (Å²) in [7, 11) is -8.65. The Morgan fingerprint density at radius 3 is 2.46 bits per heavy atom. The second-order valence-electron chi connectivity index (χ2n) is 8.92. The maximum atomic E-state index is 13.9. The third-order valence-corrected chi connectivity index (χ3v) is 10.0. The summed E-state index contributed by atoms with van der Waals surface area (Å²) in [5.74, 6) is 0.156. The van der Waals surface area contributed by atoms with Gasteiger partial charge in [0.2, 0.25) is 10.0 Å². The number of hydrogen-bond acceptors (Lipinski definition) is 11. The summed E-state index contributed by atoms with van der Waals surface area (Å²) >= 11 is 0. The summed E-state index contributed by atoms with van der Waals surface area (Å²) < 4.78 is 53.9. The van der Waals surface area contributed by atoms with Gasteiger partial charge >= 0.3 is 0 Å². The number of piperidine rings is 1. The fraction of sp³-hybridized carbons (Fsp3) is 0.364. The quantitative estimate of drug-likeness (QED) is 0.332. The standard InChI is InChI=1S/C22H27N9O4S2/c23-8-11-31-9-6-13(7-10-31)36(32,33)17-5-4-14(15-2-1-3-16-19(15)29-22(24)28-16)18(20(17)37(25,34)35)21-26-12-27-30-21/h1-5,13H,6-12,23H2,(H3,24,28,29)(H2,25,34,35). The number of aromatic nitrogens is 2. The van der Waals surface area contributed by atoms with Gasteiger partial charge in [0.25, 0.3) is 0 Å². The van der Waals surface area contributed by atoms with E-state index in [2.05, 4.69) is 30.1 Å². The molecule has 2 aliphatic heterocycles. The van der Waals surface area contributed by atoms with Gasteiger partial charge in [0, 0.05) is 18.7 Å². The van der Waals surface area contributed by atoms with Crippen molar-refractivity contribution in [2.45, 2.75) is 27.9 Å². The average molecular weight is 546 g/mol. The molecule has 5 rings (SSSR count). The van der Waals surface area contributed by atoms with Gasteiger partial charge in [-0.3, -0.25) is 0 Å². The molecule has 0 atom stereocenters. The molecule has 1 fully saturated rings. The topological polar surface area (TPSA) is 215 Å². The van der Waals surface area contributed by atoms with Crippen molar-refractivity contribution in [1.29, 1.82) is 0 Å². The molecular formula is C22H27N9O4S2. The van der Waals surface area contributed by atoms with Gasteiger partial charge in [-0.15, -0.1) is 5.11 Å². The molecule has 0 radical (unpaired) electrons. The van der Waals surface area contributed by atoms with Crippen molar-refractivity contribution >= 4 is 42.7 Å². The van der Waals surface area contributed by atoms with Crippen molar-refractivity contribution in [2.75, 3.05) is 38.6 Å². The van der Waals surface area contributed by atoms with E-state index < -0.39 is 30.0 Å². The molecule has 15 heteroatoms. The first kappa shape index (κ1) is 25.4. The minimum absolute atomic E-state index is 0.0189. The van der Waals surface area contributed by atoms with E-state index in [-0.39, 0.29) is 28.9 Å². The van der Waals surface area contributed by atoms with E-state index in [1.807, 2.05) is 0 Å². The zero-order valence-electron chi connectivity index (χ0n) is 19.8. The summed E-state index contributed by atoms with van der Waals surface area (Å²) in [6.45, 7) is 2.21. The Balaban J connectivity index is 1.74. The van der Waals surface area contributed by atoms with Gasteiger partial charge in [0.05, 0.1) is 26.7 Å². The van der Waals surface area contributed by atoms with E-state index in [0.717, 1.165) is 0 Å². The molecule has 196 valence electrons. The van der Waals surface area contributed by atoms with Crippen molar-refractivity contribution in [3.63, 3.8) is 0 Å². The number of sulfonamides is 1. The SMILES string of the molecule is NCCN1CCC(S(=O)(=O)c2ccc(-c3cccc4[nH]c(N)nc34)c(C3=NCN=N3)c2S(N)(=O)=O)CC1. The number of nitrogens with two attached hydrogens (primary N) is 3. The summed E-state index contributed by atoms with van der Waals surface area (Å²) in [4.78, 5) is 12.7. The van der Waals surface area contributed by atoms with Crippen LogP contribution in [0.4, 0.5) is 5.95 Å². The van der Waals surface area contributed by atoms with Gasteiger partial charge in [-0.1, -0.05) is 18.2 Å². The van der Waals surface area contributed by atoms with Crippen molar-refractivity contribution < 1.29 is 16.8 Å². The highest BCUT2D eigenvalue weighted by molar-refractivity contribution is 7.94. The number of para-hydroxylation sites is 1. The fourth-order valence-electron chi connectivity index (χ4n) is 4.95. The largest absolute Gasteiger partial charge is 0.369 e. The van der Waals surface area contributed by atoms with Crippen LogP contribution in [0.1, 0.15) is 18.4 Å². The normalized spacial score (nSPS) is 17.5. The molecule has 1 saturated heterocycles. The van der Waals surface area contributed by atoms with Gasteiger partial charge in [0.15, 0.2) is 28.3 Å². The maximum absolute atomic E-state index is 13.9. The van der Waals surface area contributed by atoms with Gasteiger partial charge in [-0.25, -0.2) is 32.0 Å². The van der Waals surface area contributed by atoms with Gasteiger partial charge in [-0.2, -0.15) is 5.11 Å². The van der Waals surface area contributed by atoms with Crippen molar-refractivity contribution in [3.8, 4) is 11.1 Å². The molecule has 3 heterocycles. The van der Waals surface area contributed by atoms with E-state index in [9.17, 15) is 16.8 Å². The van der Waals surface area contributed by atoms with Crippen molar-refractivity contribution in [3.05, 3.63) is 35.9 Å². The summed E-state index contributed by atoms with van der Waals surface area (Å²) in [6.07, 6.45) is 0.686. The number of primary sulfonamides is 1. The number of H-pyrrole nitrogens is 1. The van der Waals surface area contributed by atoms with E-state index in [1.165, 1.54) is 12.1 Å². The molecule has 13 nitrogen and oxygen atoms in total. The minimum Gasteiger partial charge on any atom is -0.369 e. The Morgan fingerprint density at radius 2 is 1.81 bits per heavy atom. The molecular weight excluding hydrogens is 518 g/mol. The number of amidine groups is 1. The van der Waals surface area contributed by atoms with Crippen LogP contribution in [-0.4, -0.2) is 75.6 Å². The lowest BCUT2D eigenvalue weighted by Gasteiger charge is -2.31. The van der Waals surface area contributed by atoms with E-state index >= 15 is 0 Å². The first-order valence-electron chi connectivity index (χ1n) is 11.6. The van der Waals surface area contributed by atoms with Crippen LogP contribution in [0.25, 0.3) is 22.2 Å². The molecule has 0 amide bonds. The van der Waals surface area contributed by atoms with Crippen LogP contribution in [0.3, 0.4) is 0 Å². The van der Waals surface area contributed by atoms with Gasteiger partial charge < -0.3 is 21.4 Å². The lowest BCUT2D eigenvalue weighted by molar-refractivity contribution is 0.236. The van der Waals surface area contributed by atoms with Crippen molar-refractivity contribution in [1.82, 2.24) is 14.9 Å². The highest BCUT2D eigenvalue weighted by Gasteiger charge is 2.38. The van der Waals surface area contributed by atoms with E-state index in [0.29, 0.717) is 61.2 Å². The first-order valence-corrected chi connectivity index (χ1v) is 14.7. The second kappa shape index (κ2) is 9.57. The van der Waals surface area contributed by atoms with Gasteiger partial charge in [0.1, 0.15) is 4.90 Å². The molecule has 0 spiro atoms. The van der Waals surface area contributed by atoms with E-state index in [4.69, 9.17) is 16.6 Å². The Labute approximate surface area is 213 Å². The maximum Gasteiger partial charge on any atom is 0.240 e. The minimum atomic E-state index is -4.56. The number of aromatic amines is 1. The fourth-order valence-corrected chi connectivity index (χ4v) is 8.29. The number of fused-ring (bicyclic) bond motifs is 1. The molecule has 0 unspecified atom stereocenters. The monoisotopic (exact) mass is 545 g/mol. The van der Waals surface area contributed by atoms with Crippen LogP contribution in [0, 0.1) is 0 Å². The van der Waals surface area contributed by atoms with Crippen molar-refractivity contribution in [2.24, 2.45) is 26.1 Å². The van der Waals surface area contributed by atoms with Gasteiger partial charge in [-0.05, 0) is 43.6 Å². The van der Waals surface area contributed by atoms with Crippen LogP contribution in [-0.2, 0) is 19.9 Å². The van der Waals surface area contributed by atoms with Crippen LogP contribution < -0.4 is 16.6 Å². The molecule has 1 aromatic heterocycles. The predicted octanol–water partition coefficient (Wildman–Crippen LogP) is 0.826. The van der Waals surface area contributed by atoms with Crippen LogP contribution in [0.2, 0.25) is 0 Å². The zero-order valence-corrected chi connectivity index (χ0v) is 21.5. The number of nitrogens with zero attached hydrogens (tertiary/aromatic N) is 5. The molecule has 3 aromatic rings. The third-order valence-electron chi connectivity index (χ3n) is 6.63. The van der Waals surface area contributed by atoms with Crippen LogP contribution in [0.5, 0.6) is 0 Å². The zero-order chi connectivity index (χ0) is 26.4. The number of likely N-dealkylation sites (tertiary alicyclic amines) is 1. The Bertz CT molecular complexity index is 1640. The molecule has 7 N–H and O–H groups in total. The number of rotatable bonds is 7. The smallest absolute Gasteiger partial charge is 0.240 e. The number of nitrogens with one attached hydrogen (secondary N) is 1. The number of benzene rings is 2. The lowest BCUT2D eigenvalue weighted by atomic mass is 9.97. The lowest BCUT2D eigenvalue weighted by Crippen LogP contribution is -2.41. The highest BCUT2D eigenvalue weighted by Crippen LogP contribution is 2.39. The number of imidazole rings is 1. The highest BCUT2D eigenvalue weighted by atomic mass is 32.2. The summed E-state index contributed by atoms with van der Waals surface area (Å²) in [5, 5.41) is 12.8. The molecule has 0 aliphatic carbocycles.